The Labute approximate surface area is 311 Å². The van der Waals surface area contributed by atoms with Gasteiger partial charge in [-0.15, -0.1) is 5.10 Å². The second kappa shape index (κ2) is 13.8. The highest BCUT2D eigenvalue weighted by molar-refractivity contribution is 5.98. The number of amides is 1. The fourth-order valence-corrected chi connectivity index (χ4v) is 7.99. The van der Waals surface area contributed by atoms with Gasteiger partial charge in [-0.3, -0.25) is 9.78 Å². The van der Waals surface area contributed by atoms with Crippen LogP contribution in [0.3, 0.4) is 0 Å². The number of para-hydroxylation sites is 1. The van der Waals surface area contributed by atoms with Crippen molar-refractivity contribution in [3.05, 3.63) is 148 Å². The second-order valence-corrected chi connectivity index (χ2v) is 14.0. The topological polar surface area (TPSA) is 160 Å². The van der Waals surface area contributed by atoms with Crippen LogP contribution < -0.4 is 32.6 Å². The number of hydrazine groups is 1. The zero-order valence-electron chi connectivity index (χ0n) is 29.5. The molecule has 0 aliphatic heterocycles. The first kappa shape index (κ1) is 33.3. The lowest BCUT2D eigenvalue weighted by Crippen LogP contribution is -2.38. The minimum Gasteiger partial charge on any atom is -0.397 e. The van der Waals surface area contributed by atoms with Crippen LogP contribution in [0.15, 0.2) is 110 Å². The molecule has 6 aromatic rings. The molecule has 11 nitrogen and oxygen atoms in total. The quantitative estimate of drug-likeness (QED) is 0.0784. The lowest BCUT2D eigenvalue weighted by Gasteiger charge is -2.25. The summed E-state index contributed by atoms with van der Waals surface area (Å²) in [6.07, 6.45) is 17.9. The van der Waals surface area contributed by atoms with E-state index in [2.05, 4.69) is 80.6 Å². The lowest BCUT2D eigenvalue weighted by atomic mass is 9.79. The number of hydrogen-bond acceptors (Lipinski definition) is 9. The van der Waals surface area contributed by atoms with Crippen LogP contribution in [0.1, 0.15) is 46.7 Å². The molecule has 54 heavy (non-hydrogen) atoms. The molecule has 4 aromatic carbocycles. The molecule has 9 rings (SSSR count). The zero-order chi connectivity index (χ0) is 36.8. The van der Waals surface area contributed by atoms with Crippen LogP contribution in [0.2, 0.25) is 0 Å². The molecule has 2 atom stereocenters. The van der Waals surface area contributed by atoms with E-state index in [4.69, 9.17) is 11.6 Å². The average Bonchev–Trinajstić information content (AvgIpc) is 3.64. The van der Waals surface area contributed by atoms with Crippen LogP contribution in [0.5, 0.6) is 0 Å². The molecule has 0 saturated carbocycles. The van der Waals surface area contributed by atoms with Crippen molar-refractivity contribution in [1.29, 1.82) is 0 Å². The van der Waals surface area contributed by atoms with Crippen molar-refractivity contribution >= 4 is 62.4 Å². The van der Waals surface area contributed by atoms with Crippen molar-refractivity contribution in [2.24, 2.45) is 11.6 Å². The standard InChI is InChI=1S/C43H39N9O2/c44-35(22-51(45)24-39(53)48-37-12-4-8-29-9-5-21-46-43(29)37)31-17-15-27-13-14-28-16-18-32(34-20-19-33(31)41(27)42(28)34)38-23-52(50-49-38)25-40(54)47-36-11-3-7-26-6-1-2-10-30(26)36/h1,3-9,11-13,15-23,28,39,48,53H,2,10,14,24-25,44-45H2,(H,47,54)/b35-22-. The number of nitrogens with two attached hydrogens (primary N) is 2. The van der Waals surface area contributed by atoms with E-state index in [9.17, 15) is 9.90 Å². The van der Waals surface area contributed by atoms with Gasteiger partial charge in [-0.1, -0.05) is 90.2 Å². The molecule has 3 aliphatic rings. The zero-order valence-corrected chi connectivity index (χ0v) is 29.5. The molecular weight excluding hydrogens is 675 g/mol. The van der Waals surface area contributed by atoms with Crippen molar-refractivity contribution in [3.8, 4) is 0 Å². The summed E-state index contributed by atoms with van der Waals surface area (Å²) in [4.78, 5) is 17.6. The van der Waals surface area contributed by atoms with Crippen LogP contribution in [-0.2, 0) is 17.8 Å². The highest BCUT2D eigenvalue weighted by Crippen LogP contribution is 2.34. The Morgan fingerprint density at radius 1 is 1.06 bits per heavy atom. The fourth-order valence-electron chi connectivity index (χ4n) is 7.99. The van der Waals surface area contributed by atoms with Gasteiger partial charge in [0, 0.05) is 40.5 Å². The molecule has 0 saturated heterocycles. The van der Waals surface area contributed by atoms with Gasteiger partial charge < -0.3 is 26.5 Å². The number of carbonyl (C=O) groups excluding carboxylic acids is 1. The number of anilines is 2. The number of nitrogens with zero attached hydrogens (tertiary/aromatic N) is 5. The Balaban J connectivity index is 0.972. The van der Waals surface area contributed by atoms with Gasteiger partial charge in [0.1, 0.15) is 18.5 Å². The van der Waals surface area contributed by atoms with E-state index in [1.54, 1.807) is 17.1 Å². The van der Waals surface area contributed by atoms with E-state index < -0.39 is 6.23 Å². The largest absolute Gasteiger partial charge is 0.397 e. The molecule has 0 spiro atoms. The number of rotatable bonds is 10. The van der Waals surface area contributed by atoms with Gasteiger partial charge in [0.15, 0.2) is 0 Å². The number of carbonyl (C=O) groups is 1. The maximum Gasteiger partial charge on any atom is 0.246 e. The van der Waals surface area contributed by atoms with Gasteiger partial charge in [0.25, 0.3) is 0 Å². The van der Waals surface area contributed by atoms with Crippen molar-refractivity contribution in [1.82, 2.24) is 25.0 Å². The SMILES string of the molecule is N/C(=C\N(N)CC(O)Nc1cccc2cccnc12)c1ccc2c3c4c(ccc13)=C(c1cn(CC(=O)Nc3cccc5c3CCC=C5)nn1)C=CC4CC=2. The lowest BCUT2D eigenvalue weighted by molar-refractivity contribution is -0.116. The minimum absolute atomic E-state index is 0.0520. The summed E-state index contributed by atoms with van der Waals surface area (Å²) in [5.74, 6) is 6.42. The molecule has 2 aromatic heterocycles. The van der Waals surface area contributed by atoms with Gasteiger partial charge in [-0.2, -0.15) is 0 Å². The molecule has 2 heterocycles. The Kier molecular flexibility index (Phi) is 8.49. The molecule has 1 amide bonds. The molecular formula is C43H39N9O2. The van der Waals surface area contributed by atoms with E-state index in [1.807, 2.05) is 54.7 Å². The third-order valence-electron chi connectivity index (χ3n) is 10.4. The summed E-state index contributed by atoms with van der Waals surface area (Å²) in [7, 11) is 0. The van der Waals surface area contributed by atoms with Crippen molar-refractivity contribution in [2.75, 3.05) is 17.2 Å². The first-order valence-electron chi connectivity index (χ1n) is 18.1. The van der Waals surface area contributed by atoms with Crippen LogP contribution in [0.25, 0.3) is 45.1 Å². The summed E-state index contributed by atoms with van der Waals surface area (Å²) in [6.45, 7) is 0.138. The Hall–Kier alpha value is -6.56. The van der Waals surface area contributed by atoms with E-state index in [0.29, 0.717) is 11.4 Å². The number of aromatic nitrogens is 4. The smallest absolute Gasteiger partial charge is 0.246 e. The van der Waals surface area contributed by atoms with E-state index in [-0.39, 0.29) is 24.9 Å². The van der Waals surface area contributed by atoms with Crippen molar-refractivity contribution < 1.29 is 9.90 Å². The first-order chi connectivity index (χ1) is 26.4. The minimum atomic E-state index is -0.973. The Morgan fingerprint density at radius 3 is 2.85 bits per heavy atom. The number of pyridine rings is 1. The molecule has 11 heteroatoms. The van der Waals surface area contributed by atoms with E-state index in [1.165, 1.54) is 10.6 Å². The predicted molar refractivity (Wildman–Crippen MR) is 214 cm³/mol. The van der Waals surface area contributed by atoms with Gasteiger partial charge >= 0.3 is 0 Å². The van der Waals surface area contributed by atoms with Crippen molar-refractivity contribution in [3.63, 3.8) is 0 Å². The number of hydrogen-bond donors (Lipinski definition) is 5. The molecule has 7 N–H and O–H groups in total. The summed E-state index contributed by atoms with van der Waals surface area (Å²) >= 11 is 0. The monoisotopic (exact) mass is 713 g/mol. The van der Waals surface area contributed by atoms with Gasteiger partial charge in [0.2, 0.25) is 5.91 Å². The van der Waals surface area contributed by atoms with Gasteiger partial charge in [0.05, 0.1) is 29.6 Å². The summed E-state index contributed by atoms with van der Waals surface area (Å²) in [6, 6.07) is 24.0. The summed E-state index contributed by atoms with van der Waals surface area (Å²) in [5, 5.41) is 32.7. The molecule has 0 bridgehead atoms. The Bertz CT molecular complexity index is 2690. The molecule has 0 fully saturated rings. The van der Waals surface area contributed by atoms with E-state index >= 15 is 0 Å². The number of fused-ring (bicyclic) bond motifs is 2. The molecule has 3 aliphatic carbocycles. The second-order valence-electron chi connectivity index (χ2n) is 14.0. The average molecular weight is 714 g/mol. The van der Waals surface area contributed by atoms with Gasteiger partial charge in [-0.05, 0) is 75.4 Å². The van der Waals surface area contributed by atoms with Gasteiger partial charge in [-0.25, -0.2) is 10.5 Å². The number of nitrogens with one attached hydrogen (secondary N) is 2. The fraction of sp³-hybridized carbons (Fsp3) is 0.163. The normalized spacial score (nSPS) is 16.2. The third kappa shape index (κ3) is 6.19. The third-order valence-corrected chi connectivity index (χ3v) is 10.4. The van der Waals surface area contributed by atoms with Crippen LogP contribution in [0, 0.1) is 0 Å². The van der Waals surface area contributed by atoms with E-state index in [0.717, 1.165) is 85.0 Å². The number of benzene rings is 4. The predicted octanol–water partition coefficient (Wildman–Crippen LogP) is 4.48. The number of allylic oxidation sites excluding steroid dienone is 3. The number of aliphatic hydroxyl groups excluding tert-OH is 1. The first-order valence-corrected chi connectivity index (χ1v) is 18.1. The molecule has 268 valence electrons. The van der Waals surface area contributed by atoms with Crippen LogP contribution in [0.4, 0.5) is 11.4 Å². The molecule has 0 radical (unpaired) electrons. The highest BCUT2D eigenvalue weighted by Gasteiger charge is 2.24. The van der Waals surface area contributed by atoms with Crippen LogP contribution >= 0.6 is 0 Å². The maximum atomic E-state index is 13.1. The summed E-state index contributed by atoms with van der Waals surface area (Å²) in [5.41, 5.74) is 15.6. The Morgan fingerprint density at radius 2 is 1.93 bits per heavy atom. The van der Waals surface area contributed by atoms with Crippen LogP contribution in [-0.4, -0.2) is 48.8 Å². The van der Waals surface area contributed by atoms with Crippen molar-refractivity contribution in [2.45, 2.75) is 38.0 Å². The highest BCUT2D eigenvalue weighted by atomic mass is 16.3. The molecule has 2 unspecified atom stereocenters. The maximum absolute atomic E-state index is 13.1. The number of aliphatic hydroxyl groups is 1. The summed E-state index contributed by atoms with van der Waals surface area (Å²) < 4.78 is 1.59.